The molecule has 0 aliphatic rings. The number of amides is 1. The summed E-state index contributed by atoms with van der Waals surface area (Å²) in [5.74, 6) is -2.52. The van der Waals surface area contributed by atoms with Gasteiger partial charge >= 0.3 is 5.97 Å². The molecule has 0 saturated heterocycles. The Morgan fingerprint density at radius 2 is 1.95 bits per heavy atom. The van der Waals surface area contributed by atoms with Crippen LogP contribution in [0.1, 0.15) is 24.2 Å². The van der Waals surface area contributed by atoms with E-state index in [2.05, 4.69) is 10.1 Å². The zero-order chi connectivity index (χ0) is 15.8. The number of hydrogen-bond acceptors (Lipinski definition) is 5. The van der Waals surface area contributed by atoms with Gasteiger partial charge in [0, 0.05) is 19.2 Å². The van der Waals surface area contributed by atoms with E-state index >= 15 is 0 Å². The molecule has 0 atom stereocenters. The SMILES string of the molecule is CCOCC(=O)OCC(=O)c1ccc(NC(C)=O)cc1F. The van der Waals surface area contributed by atoms with E-state index in [1.54, 1.807) is 6.92 Å². The summed E-state index contributed by atoms with van der Waals surface area (Å²) in [4.78, 5) is 33.7. The van der Waals surface area contributed by atoms with Crippen molar-refractivity contribution in [2.24, 2.45) is 0 Å². The first-order valence-electron chi connectivity index (χ1n) is 6.27. The van der Waals surface area contributed by atoms with Crippen LogP contribution in [0.15, 0.2) is 18.2 Å². The van der Waals surface area contributed by atoms with Crippen LogP contribution in [-0.2, 0) is 19.1 Å². The van der Waals surface area contributed by atoms with Gasteiger partial charge in [0.1, 0.15) is 12.4 Å². The fraction of sp³-hybridized carbons (Fsp3) is 0.357. The van der Waals surface area contributed by atoms with Gasteiger partial charge in [0.15, 0.2) is 6.61 Å². The van der Waals surface area contributed by atoms with Gasteiger partial charge in [0.05, 0.1) is 5.56 Å². The van der Waals surface area contributed by atoms with Gasteiger partial charge < -0.3 is 14.8 Å². The minimum Gasteiger partial charge on any atom is -0.456 e. The Hall–Kier alpha value is -2.28. The lowest BCUT2D eigenvalue weighted by atomic mass is 10.1. The van der Waals surface area contributed by atoms with Crippen molar-refractivity contribution in [2.75, 3.05) is 25.1 Å². The van der Waals surface area contributed by atoms with Gasteiger partial charge in [0.25, 0.3) is 0 Å². The molecule has 114 valence electrons. The molecular formula is C14H16FNO5. The number of halogens is 1. The van der Waals surface area contributed by atoms with Crippen LogP contribution in [-0.4, -0.2) is 37.5 Å². The molecule has 0 aromatic heterocycles. The van der Waals surface area contributed by atoms with E-state index in [-0.39, 0.29) is 23.8 Å². The first-order chi connectivity index (χ1) is 9.93. The topological polar surface area (TPSA) is 81.7 Å². The highest BCUT2D eigenvalue weighted by Gasteiger charge is 2.15. The second-order valence-corrected chi connectivity index (χ2v) is 4.10. The monoisotopic (exact) mass is 297 g/mol. The molecule has 1 aromatic rings. The van der Waals surface area contributed by atoms with Gasteiger partial charge in [-0.3, -0.25) is 9.59 Å². The number of carbonyl (C=O) groups excluding carboxylic acids is 3. The van der Waals surface area contributed by atoms with Crippen molar-refractivity contribution >= 4 is 23.3 Å². The van der Waals surface area contributed by atoms with Crippen molar-refractivity contribution in [3.8, 4) is 0 Å². The number of ketones is 1. The summed E-state index contributed by atoms with van der Waals surface area (Å²) in [7, 11) is 0. The van der Waals surface area contributed by atoms with Gasteiger partial charge in [0.2, 0.25) is 11.7 Å². The van der Waals surface area contributed by atoms with Crippen LogP contribution < -0.4 is 5.32 Å². The first kappa shape index (κ1) is 16.8. The van der Waals surface area contributed by atoms with Crippen molar-refractivity contribution in [2.45, 2.75) is 13.8 Å². The van der Waals surface area contributed by atoms with E-state index in [1.807, 2.05) is 0 Å². The number of ether oxygens (including phenoxy) is 2. The summed E-state index contributed by atoms with van der Waals surface area (Å²) in [5.41, 5.74) is 0.0261. The maximum atomic E-state index is 13.7. The zero-order valence-corrected chi connectivity index (χ0v) is 11.8. The molecule has 0 unspecified atom stereocenters. The Labute approximate surface area is 121 Å². The highest BCUT2D eigenvalue weighted by atomic mass is 19.1. The molecule has 1 rings (SSSR count). The van der Waals surface area contributed by atoms with Crippen molar-refractivity contribution in [1.82, 2.24) is 0 Å². The molecule has 7 heteroatoms. The average Bonchev–Trinajstić information content (AvgIpc) is 2.42. The summed E-state index contributed by atoms with van der Waals surface area (Å²) in [5, 5.41) is 2.39. The van der Waals surface area contributed by atoms with Crippen LogP contribution in [0.4, 0.5) is 10.1 Å². The molecule has 0 heterocycles. The highest BCUT2D eigenvalue weighted by molar-refractivity contribution is 5.99. The predicted octanol–water partition coefficient (Wildman–Crippen LogP) is 1.55. The molecule has 0 radical (unpaired) electrons. The van der Waals surface area contributed by atoms with E-state index in [0.29, 0.717) is 6.61 Å². The molecule has 0 aliphatic heterocycles. The Balaban J connectivity index is 2.62. The van der Waals surface area contributed by atoms with Gasteiger partial charge in [-0.2, -0.15) is 0 Å². The first-order valence-corrected chi connectivity index (χ1v) is 6.27. The van der Waals surface area contributed by atoms with Gasteiger partial charge in [-0.05, 0) is 25.1 Å². The van der Waals surface area contributed by atoms with E-state index in [1.165, 1.54) is 19.1 Å². The summed E-state index contributed by atoms with van der Waals surface area (Å²) in [6, 6.07) is 3.63. The number of hydrogen-bond donors (Lipinski definition) is 1. The van der Waals surface area contributed by atoms with Crippen LogP contribution in [0.25, 0.3) is 0 Å². The quantitative estimate of drug-likeness (QED) is 0.610. The second kappa shape index (κ2) is 8.11. The number of anilines is 1. The lowest BCUT2D eigenvalue weighted by Crippen LogP contribution is -2.19. The number of rotatable bonds is 7. The zero-order valence-electron chi connectivity index (χ0n) is 11.8. The second-order valence-electron chi connectivity index (χ2n) is 4.10. The smallest absolute Gasteiger partial charge is 0.332 e. The van der Waals surface area contributed by atoms with Crippen LogP contribution in [0.5, 0.6) is 0 Å². The molecule has 0 saturated carbocycles. The number of carbonyl (C=O) groups is 3. The van der Waals surface area contributed by atoms with Crippen LogP contribution in [0, 0.1) is 5.82 Å². The summed E-state index contributed by atoms with van der Waals surface area (Å²) >= 11 is 0. The van der Waals surface area contributed by atoms with Gasteiger partial charge in [-0.15, -0.1) is 0 Å². The molecule has 0 aliphatic carbocycles. The average molecular weight is 297 g/mol. The fourth-order valence-electron chi connectivity index (χ4n) is 1.47. The van der Waals surface area contributed by atoms with E-state index in [9.17, 15) is 18.8 Å². The van der Waals surface area contributed by atoms with Gasteiger partial charge in [-0.25, -0.2) is 9.18 Å². The molecule has 6 nitrogen and oxygen atoms in total. The maximum Gasteiger partial charge on any atom is 0.332 e. The summed E-state index contributed by atoms with van der Waals surface area (Å²) < 4.78 is 23.2. The Morgan fingerprint density at radius 3 is 2.52 bits per heavy atom. The molecule has 21 heavy (non-hydrogen) atoms. The highest BCUT2D eigenvalue weighted by Crippen LogP contribution is 2.15. The summed E-state index contributed by atoms with van der Waals surface area (Å²) in [6.45, 7) is 2.53. The molecule has 0 bridgehead atoms. The lowest BCUT2D eigenvalue weighted by Gasteiger charge is -2.07. The Bertz CT molecular complexity index is 544. The van der Waals surface area contributed by atoms with Crippen molar-refractivity contribution in [1.29, 1.82) is 0 Å². The van der Waals surface area contributed by atoms with Crippen molar-refractivity contribution in [3.05, 3.63) is 29.6 Å². The molecule has 1 N–H and O–H groups in total. The van der Waals surface area contributed by atoms with Crippen molar-refractivity contribution in [3.63, 3.8) is 0 Å². The minimum absolute atomic E-state index is 0.215. The van der Waals surface area contributed by atoms with Crippen molar-refractivity contribution < 1.29 is 28.2 Å². The van der Waals surface area contributed by atoms with Crippen LogP contribution in [0.3, 0.4) is 0 Å². The molecule has 0 spiro atoms. The van der Waals surface area contributed by atoms with E-state index in [0.717, 1.165) is 6.07 Å². The third-order valence-electron chi connectivity index (χ3n) is 2.38. The minimum atomic E-state index is -0.799. The summed E-state index contributed by atoms with van der Waals surface area (Å²) in [6.07, 6.45) is 0. The number of Topliss-reactive ketones (excluding diaryl/α,β-unsaturated/α-hetero) is 1. The molecule has 1 aromatic carbocycles. The number of esters is 1. The standard InChI is InChI=1S/C14H16FNO5/c1-3-20-8-14(19)21-7-13(18)11-5-4-10(6-12(11)15)16-9(2)17/h4-6H,3,7-8H2,1-2H3,(H,16,17). The molecule has 0 fully saturated rings. The normalized spacial score (nSPS) is 10.0. The van der Waals surface area contributed by atoms with Crippen LogP contribution >= 0.6 is 0 Å². The number of nitrogens with one attached hydrogen (secondary N) is 1. The Kier molecular flexibility index (Phi) is 6.48. The lowest BCUT2D eigenvalue weighted by molar-refractivity contribution is -0.147. The predicted molar refractivity (Wildman–Crippen MR) is 72.5 cm³/mol. The third kappa shape index (κ3) is 5.70. The largest absolute Gasteiger partial charge is 0.456 e. The van der Waals surface area contributed by atoms with Crippen LogP contribution in [0.2, 0.25) is 0 Å². The van der Waals surface area contributed by atoms with E-state index in [4.69, 9.17) is 4.74 Å². The third-order valence-corrected chi connectivity index (χ3v) is 2.38. The number of benzene rings is 1. The fourth-order valence-corrected chi connectivity index (χ4v) is 1.47. The molecular weight excluding hydrogens is 281 g/mol. The van der Waals surface area contributed by atoms with E-state index < -0.39 is 24.2 Å². The van der Waals surface area contributed by atoms with Gasteiger partial charge in [-0.1, -0.05) is 0 Å². The Morgan fingerprint density at radius 1 is 1.24 bits per heavy atom. The maximum absolute atomic E-state index is 13.7. The molecule has 1 amide bonds.